The molecule has 0 aliphatic carbocycles. The van der Waals surface area contributed by atoms with Crippen molar-refractivity contribution in [2.75, 3.05) is 27.4 Å². The summed E-state index contributed by atoms with van der Waals surface area (Å²) in [6, 6.07) is 20.7. The van der Waals surface area contributed by atoms with E-state index in [2.05, 4.69) is 0 Å². The summed E-state index contributed by atoms with van der Waals surface area (Å²) in [4.78, 5) is 34.3. The fourth-order valence-electron chi connectivity index (χ4n) is 4.31. The molecule has 186 valence electrons. The molecule has 0 fully saturated rings. The summed E-state index contributed by atoms with van der Waals surface area (Å²) in [6.07, 6.45) is 0.517. The molecule has 1 unspecified atom stereocenters. The normalized spacial score (nSPS) is 11.9. The Morgan fingerprint density at radius 2 is 1.72 bits per heavy atom. The summed E-state index contributed by atoms with van der Waals surface area (Å²) in [5.41, 5.74) is 1.38. The molecule has 1 atom stereocenters. The summed E-state index contributed by atoms with van der Waals surface area (Å²) < 4.78 is 12.5. The zero-order chi connectivity index (χ0) is 25.7. The monoisotopic (exact) mass is 505 g/mol. The highest BCUT2D eigenvalue weighted by molar-refractivity contribution is 6.30. The van der Waals surface area contributed by atoms with E-state index in [0.29, 0.717) is 58.3 Å². The molecule has 7 nitrogen and oxygen atoms in total. The molecular weight excluding hydrogens is 478 g/mol. The molecule has 0 saturated heterocycles. The number of nitrogens with zero attached hydrogens (tertiary/aromatic N) is 3. The van der Waals surface area contributed by atoms with Gasteiger partial charge in [-0.3, -0.25) is 14.2 Å². The summed E-state index contributed by atoms with van der Waals surface area (Å²) in [5.74, 6) is 0.772. The number of rotatable bonds is 9. The van der Waals surface area contributed by atoms with Crippen molar-refractivity contribution in [1.82, 2.24) is 14.5 Å². The standard InChI is InChI=1S/C28H28ClN3O4/c1-4-23(31(17-18-35-2)27(33)19-13-15-20(29)16-14-19)26-30-22-10-6-5-9-21(22)28(34)32(26)24-11-7-8-12-25(24)36-3/h5-16,23H,4,17-18H2,1-3H3. The van der Waals surface area contributed by atoms with Crippen LogP contribution in [0.3, 0.4) is 0 Å². The molecule has 0 radical (unpaired) electrons. The minimum Gasteiger partial charge on any atom is -0.495 e. The Hall–Kier alpha value is -3.68. The van der Waals surface area contributed by atoms with Crippen LogP contribution in [0, 0.1) is 0 Å². The minimum atomic E-state index is -0.523. The van der Waals surface area contributed by atoms with Crippen LogP contribution in [0.1, 0.15) is 35.6 Å². The molecule has 3 aromatic carbocycles. The number of benzene rings is 3. The number of aromatic nitrogens is 2. The van der Waals surface area contributed by atoms with Crippen LogP contribution in [-0.2, 0) is 4.74 Å². The second-order valence-electron chi connectivity index (χ2n) is 8.22. The SMILES string of the molecule is CCC(c1nc2ccccc2c(=O)n1-c1ccccc1OC)N(CCOC)C(=O)c1ccc(Cl)cc1. The van der Waals surface area contributed by atoms with Crippen LogP contribution in [-0.4, -0.2) is 47.7 Å². The number of hydrogen-bond donors (Lipinski definition) is 0. The fraction of sp³-hybridized carbons (Fsp3) is 0.250. The zero-order valence-corrected chi connectivity index (χ0v) is 21.2. The van der Waals surface area contributed by atoms with E-state index in [9.17, 15) is 9.59 Å². The maximum absolute atomic E-state index is 13.9. The quantitative estimate of drug-likeness (QED) is 0.309. The van der Waals surface area contributed by atoms with Crippen LogP contribution in [0.5, 0.6) is 5.75 Å². The summed E-state index contributed by atoms with van der Waals surface area (Å²) in [6.45, 7) is 2.60. The van der Waals surface area contributed by atoms with Crippen molar-refractivity contribution in [3.8, 4) is 11.4 Å². The van der Waals surface area contributed by atoms with Crippen LogP contribution in [0.4, 0.5) is 0 Å². The number of halogens is 1. The summed E-state index contributed by atoms with van der Waals surface area (Å²) in [7, 11) is 3.15. The zero-order valence-electron chi connectivity index (χ0n) is 20.5. The number of para-hydroxylation sites is 3. The average Bonchev–Trinajstić information content (AvgIpc) is 2.91. The van der Waals surface area contributed by atoms with Crippen molar-refractivity contribution < 1.29 is 14.3 Å². The van der Waals surface area contributed by atoms with E-state index in [1.807, 2.05) is 37.3 Å². The molecule has 36 heavy (non-hydrogen) atoms. The van der Waals surface area contributed by atoms with E-state index in [-0.39, 0.29) is 11.5 Å². The predicted octanol–water partition coefficient (Wildman–Crippen LogP) is 5.29. The van der Waals surface area contributed by atoms with Gasteiger partial charge in [-0.25, -0.2) is 4.98 Å². The molecule has 1 heterocycles. The first kappa shape index (κ1) is 25.4. The second-order valence-corrected chi connectivity index (χ2v) is 8.66. The van der Waals surface area contributed by atoms with Gasteiger partial charge in [-0.1, -0.05) is 42.8 Å². The van der Waals surface area contributed by atoms with Gasteiger partial charge in [-0.05, 0) is 55.0 Å². The number of ether oxygens (including phenoxy) is 2. The number of carbonyl (C=O) groups excluding carboxylic acids is 1. The Kier molecular flexibility index (Phi) is 8.03. The second kappa shape index (κ2) is 11.4. The molecule has 0 aliphatic rings. The Bertz CT molecular complexity index is 1420. The van der Waals surface area contributed by atoms with Gasteiger partial charge in [0.15, 0.2) is 0 Å². The number of methoxy groups -OCH3 is 2. The van der Waals surface area contributed by atoms with Crippen molar-refractivity contribution in [3.05, 3.63) is 99.6 Å². The van der Waals surface area contributed by atoms with Crippen molar-refractivity contribution in [1.29, 1.82) is 0 Å². The highest BCUT2D eigenvalue weighted by Gasteiger charge is 2.30. The van der Waals surface area contributed by atoms with Gasteiger partial charge in [0.25, 0.3) is 11.5 Å². The molecular formula is C28H28ClN3O4. The third kappa shape index (κ3) is 4.98. The Balaban J connectivity index is 1.96. The first-order valence-corrected chi connectivity index (χ1v) is 12.1. The molecule has 8 heteroatoms. The smallest absolute Gasteiger partial charge is 0.266 e. The molecule has 4 rings (SSSR count). The average molecular weight is 506 g/mol. The fourth-order valence-corrected chi connectivity index (χ4v) is 4.44. The maximum atomic E-state index is 13.9. The van der Waals surface area contributed by atoms with E-state index in [1.165, 1.54) is 0 Å². The van der Waals surface area contributed by atoms with Gasteiger partial charge in [0, 0.05) is 24.2 Å². The lowest BCUT2D eigenvalue weighted by molar-refractivity contribution is 0.0579. The maximum Gasteiger partial charge on any atom is 0.266 e. The summed E-state index contributed by atoms with van der Waals surface area (Å²) in [5, 5.41) is 1.03. The molecule has 0 saturated carbocycles. The first-order valence-electron chi connectivity index (χ1n) is 11.7. The van der Waals surface area contributed by atoms with Gasteiger partial charge in [0.05, 0.1) is 36.3 Å². The highest BCUT2D eigenvalue weighted by atomic mass is 35.5. The molecule has 1 aromatic heterocycles. The topological polar surface area (TPSA) is 73.7 Å². The van der Waals surface area contributed by atoms with Crippen LogP contribution in [0.15, 0.2) is 77.6 Å². The number of fused-ring (bicyclic) bond motifs is 1. The third-order valence-electron chi connectivity index (χ3n) is 6.08. The Morgan fingerprint density at radius 3 is 2.42 bits per heavy atom. The van der Waals surface area contributed by atoms with E-state index in [1.54, 1.807) is 66.2 Å². The van der Waals surface area contributed by atoms with Crippen LogP contribution in [0.2, 0.25) is 5.02 Å². The van der Waals surface area contributed by atoms with E-state index < -0.39 is 6.04 Å². The predicted molar refractivity (Wildman–Crippen MR) is 141 cm³/mol. The molecule has 4 aromatic rings. The molecule has 0 aliphatic heterocycles. The first-order chi connectivity index (χ1) is 17.5. The van der Waals surface area contributed by atoms with Crippen molar-refractivity contribution >= 4 is 28.4 Å². The third-order valence-corrected chi connectivity index (χ3v) is 6.33. The number of carbonyl (C=O) groups is 1. The Labute approximate surface area is 214 Å². The van der Waals surface area contributed by atoms with Gasteiger partial charge in [0.2, 0.25) is 0 Å². The molecule has 1 amide bonds. The number of hydrogen-bond acceptors (Lipinski definition) is 5. The van der Waals surface area contributed by atoms with Gasteiger partial charge in [0.1, 0.15) is 11.6 Å². The van der Waals surface area contributed by atoms with Crippen molar-refractivity contribution in [2.24, 2.45) is 0 Å². The van der Waals surface area contributed by atoms with E-state index >= 15 is 0 Å². The van der Waals surface area contributed by atoms with E-state index in [4.69, 9.17) is 26.1 Å². The lowest BCUT2D eigenvalue weighted by atomic mass is 10.1. The van der Waals surface area contributed by atoms with Gasteiger partial charge < -0.3 is 14.4 Å². The lowest BCUT2D eigenvalue weighted by Gasteiger charge is -2.32. The van der Waals surface area contributed by atoms with Crippen molar-refractivity contribution in [2.45, 2.75) is 19.4 Å². The lowest BCUT2D eigenvalue weighted by Crippen LogP contribution is -2.40. The molecule has 0 N–H and O–H groups in total. The largest absolute Gasteiger partial charge is 0.495 e. The van der Waals surface area contributed by atoms with E-state index in [0.717, 1.165) is 0 Å². The summed E-state index contributed by atoms with van der Waals surface area (Å²) >= 11 is 6.05. The highest BCUT2D eigenvalue weighted by Crippen LogP contribution is 2.30. The van der Waals surface area contributed by atoms with Gasteiger partial charge in [-0.15, -0.1) is 0 Å². The van der Waals surface area contributed by atoms with Crippen LogP contribution >= 0.6 is 11.6 Å². The van der Waals surface area contributed by atoms with Crippen LogP contribution in [0.25, 0.3) is 16.6 Å². The molecule has 0 spiro atoms. The molecule has 0 bridgehead atoms. The van der Waals surface area contributed by atoms with Gasteiger partial charge in [-0.2, -0.15) is 0 Å². The van der Waals surface area contributed by atoms with Crippen LogP contribution < -0.4 is 10.3 Å². The number of amides is 1. The van der Waals surface area contributed by atoms with Gasteiger partial charge >= 0.3 is 0 Å². The minimum absolute atomic E-state index is 0.204. The van der Waals surface area contributed by atoms with Crippen molar-refractivity contribution in [3.63, 3.8) is 0 Å². The Morgan fingerprint density at radius 1 is 1.03 bits per heavy atom.